The van der Waals surface area contributed by atoms with Crippen LogP contribution in [-0.2, 0) is 28.4 Å². The molecule has 7 rings (SSSR count). The van der Waals surface area contributed by atoms with E-state index >= 15 is 0 Å². The maximum atomic E-state index is 11.6. The van der Waals surface area contributed by atoms with E-state index in [1.165, 1.54) is 12.8 Å². The van der Waals surface area contributed by atoms with Crippen LogP contribution < -0.4 is 0 Å². The Bertz CT molecular complexity index is 1350. The number of rotatable bonds is 9. The van der Waals surface area contributed by atoms with Gasteiger partial charge in [-0.1, -0.05) is 49.4 Å². The van der Waals surface area contributed by atoms with Gasteiger partial charge >= 0.3 is 0 Å². The van der Waals surface area contributed by atoms with Crippen molar-refractivity contribution in [1.82, 2.24) is 0 Å². The van der Waals surface area contributed by atoms with Gasteiger partial charge in [0.05, 0.1) is 25.4 Å². The lowest BCUT2D eigenvalue weighted by molar-refractivity contribution is -0.400. The van der Waals surface area contributed by atoms with Gasteiger partial charge in [0.15, 0.2) is 18.9 Å². The van der Waals surface area contributed by atoms with Gasteiger partial charge in [-0.2, -0.15) is 0 Å². The molecule has 16 unspecified atom stereocenters. The third-order valence-electron chi connectivity index (χ3n) is 14.5. The lowest BCUT2D eigenvalue weighted by Gasteiger charge is -2.64. The maximum absolute atomic E-state index is 11.6. The molecule has 4 aliphatic carbocycles. The van der Waals surface area contributed by atoms with Gasteiger partial charge < -0.3 is 79.5 Å². The number of ether oxygens (including phenoxy) is 6. The molecule has 3 heterocycles. The van der Waals surface area contributed by atoms with Crippen LogP contribution in [0, 0.1) is 22.7 Å². The van der Waals surface area contributed by atoms with Crippen molar-refractivity contribution in [1.29, 1.82) is 0 Å². The fraction of sp³-hybridized carbons (Fsp3) is 0.946. The first-order valence-corrected chi connectivity index (χ1v) is 20.4. The highest BCUT2D eigenvalue weighted by Gasteiger charge is 2.68. The van der Waals surface area contributed by atoms with Crippen LogP contribution in [0.3, 0.4) is 0 Å². The highest BCUT2D eigenvalue weighted by molar-refractivity contribution is 14.1. The minimum absolute atomic E-state index is 0.0743. The molecule has 3 aliphatic heterocycles. The number of hydrogen-bond donors (Lipinski definition) is 10. The molecule has 54 heavy (non-hydrogen) atoms. The fourth-order valence-corrected chi connectivity index (χ4v) is 13.2. The molecule has 21 atom stereocenters. The number of aliphatic hydroxyl groups is 10. The van der Waals surface area contributed by atoms with Gasteiger partial charge in [-0.15, -0.1) is 0 Å². The first kappa shape index (κ1) is 42.0. The molecule has 7 aliphatic rings. The van der Waals surface area contributed by atoms with Crippen LogP contribution in [0.5, 0.6) is 0 Å². The van der Waals surface area contributed by atoms with Crippen LogP contribution in [0.4, 0.5) is 0 Å². The second-order valence-electron chi connectivity index (χ2n) is 17.6. The summed E-state index contributed by atoms with van der Waals surface area (Å²) >= 11 is 2.68. The number of hydrogen-bond acceptors (Lipinski definition) is 16. The molecule has 0 amide bonds. The van der Waals surface area contributed by atoms with Gasteiger partial charge in [-0.25, -0.2) is 0 Å². The molecule has 0 aromatic carbocycles. The average Bonchev–Trinajstić information content (AvgIpc) is 3.33. The second kappa shape index (κ2) is 15.5. The summed E-state index contributed by atoms with van der Waals surface area (Å²) in [6, 6.07) is 0. The largest absolute Gasteiger partial charge is 0.394 e. The van der Waals surface area contributed by atoms with Crippen molar-refractivity contribution < 1.29 is 79.5 Å². The van der Waals surface area contributed by atoms with Gasteiger partial charge in [0.25, 0.3) is 0 Å². The molecular formula is C37H59IO16. The summed E-state index contributed by atoms with van der Waals surface area (Å²) in [5.41, 5.74) is 0.0399. The zero-order chi connectivity index (χ0) is 39.1. The smallest absolute Gasteiger partial charge is 0.188 e. The summed E-state index contributed by atoms with van der Waals surface area (Å²) in [6.07, 6.45) is -16.1. The molecule has 2 bridgehead atoms. The molecule has 0 radical (unpaired) electrons. The van der Waals surface area contributed by atoms with Crippen molar-refractivity contribution in [3.63, 3.8) is 0 Å². The Balaban J connectivity index is 1.21. The van der Waals surface area contributed by atoms with Gasteiger partial charge in [0.2, 0.25) is 0 Å². The summed E-state index contributed by atoms with van der Waals surface area (Å²) in [5, 5.41) is 106. The van der Waals surface area contributed by atoms with E-state index in [-0.39, 0.29) is 14.3 Å². The highest BCUT2D eigenvalue weighted by Crippen LogP contribution is 2.73. The van der Waals surface area contributed by atoms with Crippen molar-refractivity contribution >= 4 is 22.6 Å². The van der Waals surface area contributed by atoms with E-state index in [4.69, 9.17) is 28.4 Å². The molecule has 1 spiro atoms. The summed E-state index contributed by atoms with van der Waals surface area (Å²) in [4.78, 5) is 0. The van der Waals surface area contributed by atoms with Crippen LogP contribution in [0.2, 0.25) is 0 Å². The summed E-state index contributed by atoms with van der Waals surface area (Å²) < 4.78 is 37.1. The molecule has 10 N–H and O–H groups in total. The lowest BCUT2D eigenvalue weighted by Crippen LogP contribution is -2.68. The molecule has 4 saturated carbocycles. The molecule has 310 valence electrons. The Kier molecular flexibility index (Phi) is 12.0. The normalized spacial score (nSPS) is 56.3. The Hall–Kier alpha value is -0.170. The Morgan fingerprint density at radius 3 is 1.74 bits per heavy atom. The van der Waals surface area contributed by atoms with Gasteiger partial charge in [0, 0.05) is 3.42 Å². The standard InChI is InChI=1S/C37H59IO16/c1-16-11-36-9-5-20-34(2,7-4-8-35(20,3)38)21(36)6-10-37(16,15-36)54-33-30(53-32-28(48)26(46)23(43)18(13-40)50-32)29(24(44)19(14-41)51-33)52-31-27(47)25(45)22(42)17(12-39)49-31/h17-33,39-48H,1,4-15H2,2-3H3/t17?,18?,19?,20?,21-,22?,23?,24?,25?,26?,27?,28?,29?,30?,31?,32?,33?,34+,35+,36+,37-/m0/s1. The van der Waals surface area contributed by atoms with E-state index in [1.807, 2.05) is 0 Å². The first-order valence-electron chi connectivity index (χ1n) is 19.4. The van der Waals surface area contributed by atoms with Crippen molar-refractivity contribution in [3.05, 3.63) is 12.2 Å². The van der Waals surface area contributed by atoms with Crippen molar-refractivity contribution in [3.8, 4) is 0 Å². The quantitative estimate of drug-likeness (QED) is 0.0561. The van der Waals surface area contributed by atoms with Crippen molar-refractivity contribution in [2.75, 3.05) is 19.8 Å². The van der Waals surface area contributed by atoms with Crippen LogP contribution in [0.1, 0.15) is 71.6 Å². The van der Waals surface area contributed by atoms with E-state index in [0.29, 0.717) is 24.7 Å². The topological polar surface area (TPSA) is 258 Å². The first-order chi connectivity index (χ1) is 25.5. The predicted octanol–water partition coefficient (Wildman–Crippen LogP) is -1.27. The second-order valence-corrected chi connectivity index (χ2v) is 20.0. The highest BCUT2D eigenvalue weighted by atomic mass is 127. The van der Waals surface area contributed by atoms with E-state index in [1.54, 1.807) is 0 Å². The number of fused-ring (bicyclic) bond motifs is 3. The third-order valence-corrected chi connectivity index (χ3v) is 15.8. The zero-order valence-corrected chi connectivity index (χ0v) is 33.0. The van der Waals surface area contributed by atoms with Gasteiger partial charge in [-0.3, -0.25) is 0 Å². The number of halogens is 1. The molecule has 16 nitrogen and oxygen atoms in total. The van der Waals surface area contributed by atoms with Gasteiger partial charge in [-0.05, 0) is 79.6 Å². The predicted molar refractivity (Wildman–Crippen MR) is 193 cm³/mol. The number of alkyl halides is 1. The summed E-state index contributed by atoms with van der Waals surface area (Å²) in [7, 11) is 0. The Morgan fingerprint density at radius 2 is 1.17 bits per heavy atom. The number of aliphatic hydroxyl groups excluding tert-OH is 10. The molecular weight excluding hydrogens is 827 g/mol. The summed E-state index contributed by atoms with van der Waals surface area (Å²) in [6.45, 7) is 7.20. The molecule has 3 saturated heterocycles. The van der Waals surface area contributed by atoms with E-state index < -0.39 is 118 Å². The van der Waals surface area contributed by atoms with Crippen LogP contribution in [-0.4, -0.2) is 172 Å². The third kappa shape index (κ3) is 6.85. The van der Waals surface area contributed by atoms with Crippen molar-refractivity contribution in [2.24, 2.45) is 22.7 Å². The molecule has 17 heteroatoms. The zero-order valence-electron chi connectivity index (χ0n) is 30.8. The van der Waals surface area contributed by atoms with E-state index in [2.05, 4.69) is 43.0 Å². The molecule has 0 aromatic rings. The minimum atomic E-state index is -1.87. The monoisotopic (exact) mass is 886 g/mol. The Labute approximate surface area is 328 Å². The maximum Gasteiger partial charge on any atom is 0.188 e. The lowest BCUT2D eigenvalue weighted by atomic mass is 9.43. The van der Waals surface area contributed by atoms with Crippen molar-refractivity contribution in [2.45, 2.75) is 173 Å². The van der Waals surface area contributed by atoms with E-state index in [9.17, 15) is 51.1 Å². The molecule has 0 aromatic heterocycles. The van der Waals surface area contributed by atoms with Crippen LogP contribution >= 0.6 is 22.6 Å². The van der Waals surface area contributed by atoms with Crippen LogP contribution in [0.25, 0.3) is 0 Å². The van der Waals surface area contributed by atoms with Gasteiger partial charge in [0.1, 0.15) is 73.2 Å². The Morgan fingerprint density at radius 1 is 0.648 bits per heavy atom. The SMILES string of the molecule is C=C1C[C@@]23CCC4[C@](C)(I)CCC[C@@]4(C)[C@@H]2CC[C@]1(OC1OC(CO)C(O)C(OC2OC(CO)C(O)C(O)C2O)C1OC1OC(CO)C(O)C(O)C1O)C3. The van der Waals surface area contributed by atoms with Crippen LogP contribution in [0.15, 0.2) is 12.2 Å². The van der Waals surface area contributed by atoms with E-state index in [0.717, 1.165) is 37.7 Å². The fourth-order valence-electron chi connectivity index (χ4n) is 11.8. The summed E-state index contributed by atoms with van der Waals surface area (Å²) in [5.74, 6) is 1.03. The minimum Gasteiger partial charge on any atom is -0.394 e. The molecule has 7 fully saturated rings. The average molecular weight is 887 g/mol.